The van der Waals surface area contributed by atoms with Crippen LogP contribution in [0.3, 0.4) is 0 Å². The van der Waals surface area contributed by atoms with E-state index in [1.54, 1.807) is 14.0 Å². The second-order valence-corrected chi connectivity index (χ2v) is 8.04. The summed E-state index contributed by atoms with van der Waals surface area (Å²) in [6, 6.07) is 17.6. The molecular weight excluding hydrogens is 388 g/mol. The topological polar surface area (TPSA) is 60.3 Å². The molecule has 31 heavy (non-hydrogen) atoms. The summed E-state index contributed by atoms with van der Waals surface area (Å²) >= 11 is 0. The second kappa shape index (κ2) is 9.65. The van der Waals surface area contributed by atoms with Gasteiger partial charge in [-0.05, 0) is 73.4 Å². The summed E-state index contributed by atoms with van der Waals surface area (Å²) in [6.07, 6.45) is 0.307. The molecule has 3 rings (SSSR count). The van der Waals surface area contributed by atoms with Crippen molar-refractivity contribution in [3.63, 3.8) is 0 Å². The minimum Gasteiger partial charge on any atom is -0.497 e. The van der Waals surface area contributed by atoms with Crippen molar-refractivity contribution >= 4 is 17.4 Å². The van der Waals surface area contributed by atoms with Gasteiger partial charge >= 0.3 is 0 Å². The van der Waals surface area contributed by atoms with Crippen LogP contribution in [0.4, 0.5) is 5.69 Å². The standard InChI is InChI=1S/C26H30N2O3/c1-17(2)20-6-10-22(11-7-20)27-26(30)14-15-28-18(3)24(19(4)29)16-25(28)21-8-12-23(31-5)13-9-21/h6-13,16-17H,14-15H2,1-5H3,(H,27,30). The van der Waals surface area contributed by atoms with E-state index in [4.69, 9.17) is 4.74 Å². The lowest BCUT2D eigenvalue weighted by Gasteiger charge is -2.13. The van der Waals surface area contributed by atoms with Crippen molar-refractivity contribution in [2.45, 2.75) is 46.6 Å². The van der Waals surface area contributed by atoms with Crippen molar-refractivity contribution in [3.8, 4) is 17.0 Å². The van der Waals surface area contributed by atoms with Crippen LogP contribution in [-0.4, -0.2) is 23.4 Å². The lowest BCUT2D eigenvalue weighted by molar-refractivity contribution is -0.116. The zero-order chi connectivity index (χ0) is 22.5. The van der Waals surface area contributed by atoms with Crippen LogP contribution in [0.1, 0.15) is 54.7 Å². The number of rotatable bonds is 8. The van der Waals surface area contributed by atoms with Gasteiger partial charge < -0.3 is 14.6 Å². The summed E-state index contributed by atoms with van der Waals surface area (Å²) in [5.74, 6) is 1.18. The van der Waals surface area contributed by atoms with Crippen LogP contribution in [0.15, 0.2) is 54.6 Å². The number of hydrogen-bond donors (Lipinski definition) is 1. The zero-order valence-electron chi connectivity index (χ0n) is 18.9. The van der Waals surface area contributed by atoms with Crippen LogP contribution in [0.2, 0.25) is 0 Å². The molecule has 1 amide bonds. The number of carbonyl (C=O) groups excluding carboxylic acids is 2. The molecule has 0 spiro atoms. The summed E-state index contributed by atoms with van der Waals surface area (Å²) in [5, 5.41) is 2.97. The number of anilines is 1. The number of ketones is 1. The molecule has 5 heteroatoms. The Morgan fingerprint density at radius 2 is 1.68 bits per heavy atom. The molecule has 1 N–H and O–H groups in total. The number of aromatic nitrogens is 1. The summed E-state index contributed by atoms with van der Waals surface area (Å²) in [7, 11) is 1.63. The molecule has 0 unspecified atom stereocenters. The van der Waals surface area contributed by atoms with Crippen LogP contribution in [0.5, 0.6) is 5.75 Å². The van der Waals surface area contributed by atoms with Gasteiger partial charge in [0.1, 0.15) is 5.75 Å². The zero-order valence-corrected chi connectivity index (χ0v) is 18.9. The molecule has 2 aromatic carbocycles. The van der Waals surface area contributed by atoms with Crippen LogP contribution in [-0.2, 0) is 11.3 Å². The number of hydrogen-bond acceptors (Lipinski definition) is 3. The molecule has 0 radical (unpaired) electrons. The smallest absolute Gasteiger partial charge is 0.226 e. The van der Waals surface area contributed by atoms with Gasteiger partial charge in [-0.2, -0.15) is 0 Å². The number of Topliss-reactive ketones (excluding diaryl/α,β-unsaturated/α-hetero) is 1. The predicted molar refractivity (Wildman–Crippen MR) is 125 cm³/mol. The molecule has 1 aromatic heterocycles. The van der Waals surface area contributed by atoms with E-state index in [0.717, 1.165) is 28.4 Å². The number of nitrogens with zero attached hydrogens (tertiary/aromatic N) is 1. The highest BCUT2D eigenvalue weighted by molar-refractivity contribution is 5.97. The van der Waals surface area contributed by atoms with E-state index < -0.39 is 0 Å². The van der Waals surface area contributed by atoms with Crippen LogP contribution in [0.25, 0.3) is 11.3 Å². The molecule has 0 saturated carbocycles. The van der Waals surface area contributed by atoms with Gasteiger partial charge in [0, 0.05) is 35.6 Å². The van der Waals surface area contributed by atoms with Gasteiger partial charge in [-0.1, -0.05) is 26.0 Å². The predicted octanol–water partition coefficient (Wildman–Crippen LogP) is 5.83. The molecular formula is C26H30N2O3. The SMILES string of the molecule is COc1ccc(-c2cc(C(C)=O)c(C)n2CCC(=O)Nc2ccc(C(C)C)cc2)cc1. The maximum Gasteiger partial charge on any atom is 0.226 e. The number of carbonyl (C=O) groups is 2. The first-order chi connectivity index (χ1) is 14.8. The largest absolute Gasteiger partial charge is 0.497 e. The lowest BCUT2D eigenvalue weighted by Crippen LogP contribution is -2.15. The Bertz CT molecular complexity index is 1060. The molecule has 0 saturated heterocycles. The quantitative estimate of drug-likeness (QED) is 0.468. The molecule has 1 heterocycles. The van der Waals surface area contributed by atoms with Gasteiger partial charge in [0.05, 0.1) is 7.11 Å². The van der Waals surface area contributed by atoms with Crippen LogP contribution >= 0.6 is 0 Å². The minimum atomic E-state index is -0.0598. The highest BCUT2D eigenvalue weighted by Crippen LogP contribution is 2.28. The van der Waals surface area contributed by atoms with Gasteiger partial charge in [-0.15, -0.1) is 0 Å². The van der Waals surface area contributed by atoms with E-state index in [2.05, 4.69) is 19.2 Å². The molecule has 0 aliphatic heterocycles. The first kappa shape index (κ1) is 22.3. The fourth-order valence-corrected chi connectivity index (χ4v) is 3.68. The van der Waals surface area contributed by atoms with E-state index in [1.165, 1.54) is 5.56 Å². The maximum atomic E-state index is 12.6. The summed E-state index contributed by atoms with van der Waals surface area (Å²) in [4.78, 5) is 24.7. The van der Waals surface area contributed by atoms with Crippen LogP contribution < -0.4 is 10.1 Å². The molecule has 0 aliphatic rings. The highest BCUT2D eigenvalue weighted by Gasteiger charge is 2.17. The Morgan fingerprint density at radius 1 is 1.03 bits per heavy atom. The monoisotopic (exact) mass is 418 g/mol. The number of benzene rings is 2. The van der Waals surface area contributed by atoms with E-state index in [1.807, 2.05) is 66.1 Å². The van der Waals surface area contributed by atoms with Crippen molar-refractivity contribution < 1.29 is 14.3 Å². The highest BCUT2D eigenvalue weighted by atomic mass is 16.5. The molecule has 0 bridgehead atoms. The van der Waals surface area contributed by atoms with Gasteiger partial charge in [-0.25, -0.2) is 0 Å². The first-order valence-corrected chi connectivity index (χ1v) is 10.6. The average Bonchev–Trinajstić information content (AvgIpc) is 3.09. The lowest BCUT2D eigenvalue weighted by atomic mass is 10.0. The Labute approximate surface area is 184 Å². The molecule has 0 aliphatic carbocycles. The molecule has 162 valence electrons. The van der Waals surface area contributed by atoms with Crippen molar-refractivity contribution in [2.75, 3.05) is 12.4 Å². The third kappa shape index (κ3) is 5.23. The van der Waals surface area contributed by atoms with Crippen LogP contribution in [0, 0.1) is 6.92 Å². The Morgan fingerprint density at radius 3 is 2.23 bits per heavy atom. The summed E-state index contributed by atoms with van der Waals surface area (Å²) < 4.78 is 7.29. The van der Waals surface area contributed by atoms with Crippen molar-refractivity contribution in [3.05, 3.63) is 71.4 Å². The second-order valence-electron chi connectivity index (χ2n) is 8.04. The molecule has 0 atom stereocenters. The molecule has 5 nitrogen and oxygen atoms in total. The maximum absolute atomic E-state index is 12.6. The van der Waals surface area contributed by atoms with Crippen molar-refractivity contribution in [2.24, 2.45) is 0 Å². The normalized spacial score (nSPS) is 10.9. The third-order valence-electron chi connectivity index (χ3n) is 5.56. The Kier molecular flexibility index (Phi) is 6.95. The summed E-state index contributed by atoms with van der Waals surface area (Å²) in [5.41, 5.74) is 5.46. The average molecular weight is 419 g/mol. The van der Waals surface area contributed by atoms with Gasteiger partial charge in [0.15, 0.2) is 5.78 Å². The number of amides is 1. The van der Waals surface area contributed by atoms with Crippen molar-refractivity contribution in [1.82, 2.24) is 4.57 Å². The van der Waals surface area contributed by atoms with E-state index in [0.29, 0.717) is 24.4 Å². The molecule has 0 fully saturated rings. The number of nitrogens with one attached hydrogen (secondary N) is 1. The summed E-state index contributed by atoms with van der Waals surface area (Å²) in [6.45, 7) is 8.26. The number of ether oxygens (including phenoxy) is 1. The van der Waals surface area contributed by atoms with Gasteiger partial charge in [0.25, 0.3) is 0 Å². The van der Waals surface area contributed by atoms with E-state index in [-0.39, 0.29) is 11.7 Å². The van der Waals surface area contributed by atoms with E-state index in [9.17, 15) is 9.59 Å². The first-order valence-electron chi connectivity index (χ1n) is 10.6. The van der Waals surface area contributed by atoms with Gasteiger partial charge in [-0.3, -0.25) is 9.59 Å². The Balaban J connectivity index is 1.78. The number of methoxy groups -OCH3 is 1. The molecule has 3 aromatic rings. The van der Waals surface area contributed by atoms with E-state index >= 15 is 0 Å². The fourth-order valence-electron chi connectivity index (χ4n) is 3.68. The fraction of sp³-hybridized carbons (Fsp3) is 0.308. The Hall–Kier alpha value is -3.34. The van der Waals surface area contributed by atoms with Crippen molar-refractivity contribution in [1.29, 1.82) is 0 Å². The minimum absolute atomic E-state index is 0.0145. The third-order valence-corrected chi connectivity index (χ3v) is 5.56. The van der Waals surface area contributed by atoms with Gasteiger partial charge in [0.2, 0.25) is 5.91 Å².